The summed E-state index contributed by atoms with van der Waals surface area (Å²) in [4.78, 5) is 2.53. The summed E-state index contributed by atoms with van der Waals surface area (Å²) in [6.45, 7) is 11.3. The van der Waals surface area contributed by atoms with Crippen LogP contribution in [0.1, 0.15) is 34.1 Å². The van der Waals surface area contributed by atoms with Crippen molar-refractivity contribution in [1.29, 1.82) is 0 Å². The summed E-state index contributed by atoms with van der Waals surface area (Å²) < 4.78 is 0. The van der Waals surface area contributed by atoms with Crippen LogP contribution >= 0.6 is 0 Å². The Bertz CT molecular complexity index is 146. The van der Waals surface area contributed by atoms with Gasteiger partial charge in [-0.25, -0.2) is 0 Å². The first-order valence-electron chi connectivity index (χ1n) is 4.92. The van der Waals surface area contributed by atoms with Crippen molar-refractivity contribution >= 4 is 0 Å². The Hall–Kier alpha value is -0.0800. The van der Waals surface area contributed by atoms with Gasteiger partial charge in [-0.15, -0.1) is 0 Å². The molecule has 0 aromatic heterocycles. The Morgan fingerprint density at radius 3 is 2.25 bits per heavy atom. The van der Waals surface area contributed by atoms with E-state index in [1.54, 1.807) is 0 Å². The highest BCUT2D eigenvalue weighted by Gasteiger charge is 2.31. The summed E-state index contributed by atoms with van der Waals surface area (Å²) in [6.07, 6.45) is 1.27. The fraction of sp³-hybridized carbons (Fsp3) is 1.00. The SMILES string of the molecule is CC(N)[C@@H]1CCN(C(C)(C)C)C1. The smallest absolute Gasteiger partial charge is 0.0125 e. The zero-order chi connectivity index (χ0) is 9.35. The third-order valence-electron chi connectivity index (χ3n) is 2.92. The second-order valence-corrected chi connectivity index (χ2v) is 5.02. The molecule has 2 atom stereocenters. The average Bonchev–Trinajstić information content (AvgIpc) is 2.30. The Morgan fingerprint density at radius 1 is 1.42 bits per heavy atom. The van der Waals surface area contributed by atoms with Crippen LogP contribution in [0.5, 0.6) is 0 Å². The Balaban J connectivity index is 2.46. The number of hydrogen-bond acceptors (Lipinski definition) is 2. The van der Waals surface area contributed by atoms with E-state index in [1.165, 1.54) is 19.5 Å². The monoisotopic (exact) mass is 170 g/mol. The van der Waals surface area contributed by atoms with Gasteiger partial charge in [-0.1, -0.05) is 0 Å². The summed E-state index contributed by atoms with van der Waals surface area (Å²) in [5.41, 5.74) is 6.20. The van der Waals surface area contributed by atoms with Crippen molar-refractivity contribution in [2.75, 3.05) is 13.1 Å². The molecule has 0 aliphatic carbocycles. The Kier molecular flexibility index (Phi) is 2.79. The minimum Gasteiger partial charge on any atom is -0.328 e. The molecule has 2 N–H and O–H groups in total. The summed E-state index contributed by atoms with van der Waals surface area (Å²) >= 11 is 0. The molecule has 1 aliphatic heterocycles. The van der Waals surface area contributed by atoms with Gasteiger partial charge in [0.2, 0.25) is 0 Å². The van der Waals surface area contributed by atoms with E-state index >= 15 is 0 Å². The first-order valence-corrected chi connectivity index (χ1v) is 4.92. The molecule has 0 amide bonds. The van der Waals surface area contributed by atoms with Crippen LogP contribution in [0.15, 0.2) is 0 Å². The number of likely N-dealkylation sites (tertiary alicyclic amines) is 1. The third-order valence-corrected chi connectivity index (χ3v) is 2.92. The molecule has 0 aromatic rings. The van der Waals surface area contributed by atoms with Crippen LogP contribution < -0.4 is 5.73 Å². The van der Waals surface area contributed by atoms with Crippen LogP contribution in [0.4, 0.5) is 0 Å². The number of rotatable bonds is 1. The highest BCUT2D eigenvalue weighted by molar-refractivity contribution is 4.87. The molecule has 0 saturated carbocycles. The highest BCUT2D eigenvalue weighted by atomic mass is 15.2. The van der Waals surface area contributed by atoms with E-state index in [2.05, 4.69) is 32.6 Å². The van der Waals surface area contributed by atoms with Gasteiger partial charge >= 0.3 is 0 Å². The van der Waals surface area contributed by atoms with Gasteiger partial charge in [-0.3, -0.25) is 4.90 Å². The molecule has 0 radical (unpaired) electrons. The molecule has 2 nitrogen and oxygen atoms in total. The maximum absolute atomic E-state index is 5.88. The largest absolute Gasteiger partial charge is 0.328 e. The van der Waals surface area contributed by atoms with Gasteiger partial charge in [0.05, 0.1) is 0 Å². The van der Waals surface area contributed by atoms with E-state index in [0.29, 0.717) is 17.5 Å². The standard InChI is InChI=1S/C10H22N2/c1-8(11)9-5-6-12(7-9)10(2,3)4/h8-9H,5-7,11H2,1-4H3/t8?,9-/m1/s1. The van der Waals surface area contributed by atoms with Crippen molar-refractivity contribution in [3.63, 3.8) is 0 Å². The molecule has 1 heterocycles. The summed E-state index contributed by atoms with van der Waals surface area (Å²) in [5.74, 6) is 0.712. The maximum atomic E-state index is 5.88. The van der Waals surface area contributed by atoms with Crippen molar-refractivity contribution in [3.8, 4) is 0 Å². The predicted molar refractivity (Wildman–Crippen MR) is 53.1 cm³/mol. The van der Waals surface area contributed by atoms with E-state index in [9.17, 15) is 0 Å². The van der Waals surface area contributed by atoms with Crippen LogP contribution in [0.3, 0.4) is 0 Å². The predicted octanol–water partition coefficient (Wildman–Crippen LogP) is 1.45. The number of nitrogens with two attached hydrogens (primary N) is 1. The maximum Gasteiger partial charge on any atom is 0.0125 e. The quantitative estimate of drug-likeness (QED) is 0.645. The van der Waals surface area contributed by atoms with E-state index in [0.717, 1.165) is 0 Å². The molecule has 1 saturated heterocycles. The van der Waals surface area contributed by atoms with Gasteiger partial charge in [-0.2, -0.15) is 0 Å². The van der Waals surface area contributed by atoms with Crippen molar-refractivity contribution in [1.82, 2.24) is 4.90 Å². The summed E-state index contributed by atoms with van der Waals surface area (Å²) in [7, 11) is 0. The molecule has 0 bridgehead atoms. The van der Waals surface area contributed by atoms with Gasteiger partial charge in [-0.05, 0) is 46.6 Å². The topological polar surface area (TPSA) is 29.3 Å². The fourth-order valence-corrected chi connectivity index (χ4v) is 1.83. The molecule has 0 spiro atoms. The second kappa shape index (κ2) is 3.35. The molecule has 1 rings (SSSR count). The lowest BCUT2D eigenvalue weighted by Gasteiger charge is -2.32. The van der Waals surface area contributed by atoms with Crippen molar-refractivity contribution in [2.24, 2.45) is 11.7 Å². The van der Waals surface area contributed by atoms with Gasteiger partial charge in [0.25, 0.3) is 0 Å². The average molecular weight is 170 g/mol. The molecule has 1 aliphatic rings. The molecular formula is C10H22N2. The lowest BCUT2D eigenvalue weighted by atomic mass is 10.0. The van der Waals surface area contributed by atoms with Crippen LogP contribution in [0, 0.1) is 5.92 Å². The minimum absolute atomic E-state index is 0.323. The lowest BCUT2D eigenvalue weighted by Crippen LogP contribution is -2.40. The fourth-order valence-electron chi connectivity index (χ4n) is 1.83. The molecule has 1 unspecified atom stereocenters. The van der Waals surface area contributed by atoms with Gasteiger partial charge in [0, 0.05) is 18.1 Å². The zero-order valence-electron chi connectivity index (χ0n) is 8.80. The van der Waals surface area contributed by atoms with Crippen LogP contribution in [0.25, 0.3) is 0 Å². The van der Waals surface area contributed by atoms with Crippen molar-refractivity contribution < 1.29 is 0 Å². The lowest BCUT2D eigenvalue weighted by molar-refractivity contribution is 0.166. The van der Waals surface area contributed by atoms with Gasteiger partial charge in [0.1, 0.15) is 0 Å². The third kappa shape index (κ3) is 2.20. The molecule has 0 aromatic carbocycles. The van der Waals surface area contributed by atoms with Crippen LogP contribution in [-0.2, 0) is 0 Å². The number of hydrogen-bond donors (Lipinski definition) is 1. The van der Waals surface area contributed by atoms with E-state index < -0.39 is 0 Å². The van der Waals surface area contributed by atoms with E-state index in [4.69, 9.17) is 5.73 Å². The molecule has 12 heavy (non-hydrogen) atoms. The first kappa shape index (κ1) is 10.0. The van der Waals surface area contributed by atoms with E-state index in [-0.39, 0.29) is 0 Å². The van der Waals surface area contributed by atoms with E-state index in [1.807, 2.05) is 0 Å². The summed E-state index contributed by atoms with van der Waals surface area (Å²) in [6, 6.07) is 0.359. The number of nitrogens with zero attached hydrogens (tertiary/aromatic N) is 1. The first-order chi connectivity index (χ1) is 5.41. The molecule has 72 valence electrons. The molecule has 2 heteroatoms. The summed E-state index contributed by atoms with van der Waals surface area (Å²) in [5, 5.41) is 0. The van der Waals surface area contributed by atoms with Crippen LogP contribution in [0.2, 0.25) is 0 Å². The minimum atomic E-state index is 0.323. The highest BCUT2D eigenvalue weighted by Crippen LogP contribution is 2.25. The normalized spacial score (nSPS) is 29.2. The Labute approximate surface area is 76.1 Å². The van der Waals surface area contributed by atoms with Crippen molar-refractivity contribution in [2.45, 2.75) is 45.7 Å². The zero-order valence-corrected chi connectivity index (χ0v) is 8.80. The Morgan fingerprint density at radius 2 is 2.00 bits per heavy atom. The molecule has 1 fully saturated rings. The second-order valence-electron chi connectivity index (χ2n) is 5.02. The van der Waals surface area contributed by atoms with Crippen molar-refractivity contribution in [3.05, 3.63) is 0 Å². The van der Waals surface area contributed by atoms with Gasteiger partial charge < -0.3 is 5.73 Å². The molecular weight excluding hydrogens is 148 g/mol. The van der Waals surface area contributed by atoms with Gasteiger partial charge in [0.15, 0.2) is 0 Å². The van der Waals surface area contributed by atoms with Crippen LogP contribution in [-0.4, -0.2) is 29.6 Å².